The van der Waals surface area contributed by atoms with Crippen LogP contribution in [0.2, 0.25) is 0 Å². The molecule has 2 aromatic heterocycles. The second-order valence-electron chi connectivity index (χ2n) is 9.80. The molecular formula is C27H37N7O7S. The molecule has 0 amide bonds. The first-order chi connectivity index (χ1) is 20.3. The van der Waals surface area contributed by atoms with Gasteiger partial charge in [-0.25, -0.2) is 13.5 Å². The molecular weight excluding hydrogens is 566 g/mol. The first-order valence-corrected chi connectivity index (χ1v) is 15.2. The highest BCUT2D eigenvalue weighted by Crippen LogP contribution is 2.32. The van der Waals surface area contributed by atoms with Gasteiger partial charge in [-0.2, -0.15) is 0 Å². The highest BCUT2D eigenvalue weighted by Gasteiger charge is 2.25. The van der Waals surface area contributed by atoms with Gasteiger partial charge in [0.05, 0.1) is 29.0 Å². The number of aryl methyl sites for hydroxylation is 2. The molecule has 3 aromatic rings. The van der Waals surface area contributed by atoms with Crippen molar-refractivity contribution in [3.05, 3.63) is 49.9 Å². The Morgan fingerprint density at radius 1 is 1.19 bits per heavy atom. The maximum absolute atomic E-state index is 13.6. The Labute approximate surface area is 245 Å². The number of oxime groups is 1. The van der Waals surface area contributed by atoms with Crippen LogP contribution >= 0.6 is 0 Å². The number of H-pyrrole nitrogens is 1. The summed E-state index contributed by atoms with van der Waals surface area (Å²) in [6.07, 6.45) is 3.54. The van der Waals surface area contributed by atoms with Gasteiger partial charge in [-0.05, 0) is 38.0 Å². The highest BCUT2D eigenvalue weighted by atomic mass is 32.2. The highest BCUT2D eigenvalue weighted by molar-refractivity contribution is 7.82. The number of piperazine rings is 1. The molecule has 42 heavy (non-hydrogen) atoms. The Kier molecular flexibility index (Phi) is 10.7. The first kappa shape index (κ1) is 31.1. The summed E-state index contributed by atoms with van der Waals surface area (Å²) in [4.78, 5) is 38.7. The van der Waals surface area contributed by atoms with Crippen molar-refractivity contribution in [2.45, 2.75) is 51.5 Å². The summed E-state index contributed by atoms with van der Waals surface area (Å²) in [5, 5.41) is 22.1. The van der Waals surface area contributed by atoms with Crippen LogP contribution in [-0.2, 0) is 28.8 Å². The van der Waals surface area contributed by atoms with Gasteiger partial charge in [-0.3, -0.25) is 9.69 Å². The lowest BCUT2D eigenvalue weighted by molar-refractivity contribution is -0.757. The standard InChI is InChI=1S/C27H37N7O7S/c1-4-7-20-22(18-28-36)33(6-3)25-24(20)29-26(30-27(25)35)21-17-19(8-9-23(21)40-15-5-2)42(39)32-12-10-31(11-13-32)14-16-41-34(37)38/h8-9,17-18,36H,4-7,10-16H2,1-3H3,(H,29,30,35)/b28-18+. The van der Waals surface area contributed by atoms with E-state index in [1.54, 1.807) is 22.8 Å². The third kappa shape index (κ3) is 6.79. The van der Waals surface area contributed by atoms with Crippen LogP contribution in [0.5, 0.6) is 5.75 Å². The van der Waals surface area contributed by atoms with Crippen molar-refractivity contribution in [2.24, 2.45) is 5.16 Å². The molecule has 0 bridgehead atoms. The SMILES string of the molecule is CCCOc1ccc(S(=O)N2CCN(CCO[N+](=O)[O-])CC2)cc1-c1nc2c(CCC)c(/C=N/O)n(CC)c2c(=O)[nH]1. The second kappa shape index (κ2) is 14.4. The number of aromatic nitrogens is 3. The largest absolute Gasteiger partial charge is 0.493 e. The average molecular weight is 604 g/mol. The molecule has 1 unspecified atom stereocenters. The molecule has 228 valence electrons. The number of hydrogen-bond acceptors (Lipinski definition) is 10. The van der Waals surface area contributed by atoms with Gasteiger partial charge in [0.15, 0.2) is 0 Å². The lowest BCUT2D eigenvalue weighted by atomic mass is 10.1. The van der Waals surface area contributed by atoms with Gasteiger partial charge < -0.3 is 24.3 Å². The monoisotopic (exact) mass is 603 g/mol. The van der Waals surface area contributed by atoms with E-state index in [0.717, 1.165) is 18.4 Å². The van der Waals surface area contributed by atoms with Crippen molar-refractivity contribution >= 4 is 28.2 Å². The average Bonchev–Trinajstić information content (AvgIpc) is 3.28. The predicted octanol–water partition coefficient (Wildman–Crippen LogP) is 2.81. The molecule has 1 aliphatic rings. The van der Waals surface area contributed by atoms with Crippen LogP contribution in [0, 0.1) is 10.1 Å². The van der Waals surface area contributed by atoms with E-state index in [9.17, 15) is 24.3 Å². The molecule has 1 atom stereocenters. The number of fused-ring (bicyclic) bond motifs is 1. The van der Waals surface area contributed by atoms with Gasteiger partial charge in [0.1, 0.15) is 40.2 Å². The molecule has 1 aromatic carbocycles. The van der Waals surface area contributed by atoms with E-state index in [-0.39, 0.29) is 12.2 Å². The number of benzene rings is 1. The lowest BCUT2D eigenvalue weighted by Crippen LogP contribution is -2.47. The summed E-state index contributed by atoms with van der Waals surface area (Å²) < 4.78 is 23.3. The Balaban J connectivity index is 1.70. The Morgan fingerprint density at radius 2 is 1.95 bits per heavy atom. The summed E-state index contributed by atoms with van der Waals surface area (Å²) in [6.45, 7) is 9.49. The van der Waals surface area contributed by atoms with Gasteiger partial charge in [0.25, 0.3) is 10.6 Å². The molecule has 14 nitrogen and oxygen atoms in total. The van der Waals surface area contributed by atoms with E-state index in [1.807, 2.05) is 30.0 Å². The fraction of sp³-hybridized carbons (Fsp3) is 0.519. The quantitative estimate of drug-likeness (QED) is 0.122. The van der Waals surface area contributed by atoms with Crippen LogP contribution in [0.15, 0.2) is 33.0 Å². The lowest BCUT2D eigenvalue weighted by Gasteiger charge is -2.33. The minimum absolute atomic E-state index is 0.00980. The molecule has 15 heteroatoms. The van der Waals surface area contributed by atoms with Crippen LogP contribution in [0.25, 0.3) is 22.4 Å². The number of rotatable bonds is 14. The van der Waals surface area contributed by atoms with Crippen molar-refractivity contribution in [1.82, 2.24) is 23.7 Å². The first-order valence-electron chi connectivity index (χ1n) is 14.1. The van der Waals surface area contributed by atoms with Gasteiger partial charge in [-0.1, -0.05) is 25.4 Å². The molecule has 0 saturated carbocycles. The number of hydrogen-bond donors (Lipinski definition) is 2. The minimum atomic E-state index is -1.50. The fourth-order valence-corrected chi connectivity index (χ4v) is 6.34. The molecule has 0 radical (unpaired) electrons. The van der Waals surface area contributed by atoms with Crippen molar-refractivity contribution in [3.8, 4) is 17.1 Å². The molecule has 3 heterocycles. The van der Waals surface area contributed by atoms with Crippen molar-refractivity contribution in [2.75, 3.05) is 45.9 Å². The van der Waals surface area contributed by atoms with E-state index in [1.165, 1.54) is 6.21 Å². The van der Waals surface area contributed by atoms with Crippen molar-refractivity contribution in [3.63, 3.8) is 0 Å². The van der Waals surface area contributed by atoms with Gasteiger partial charge in [-0.15, -0.1) is 10.1 Å². The Morgan fingerprint density at radius 3 is 2.60 bits per heavy atom. The van der Waals surface area contributed by atoms with E-state index < -0.39 is 16.1 Å². The Hall–Kier alpha value is -3.82. The maximum Gasteiger partial charge on any atom is 0.294 e. The van der Waals surface area contributed by atoms with E-state index >= 15 is 0 Å². The van der Waals surface area contributed by atoms with E-state index in [0.29, 0.717) is 91.1 Å². The van der Waals surface area contributed by atoms with Gasteiger partial charge in [0.2, 0.25) is 0 Å². The smallest absolute Gasteiger partial charge is 0.294 e. The van der Waals surface area contributed by atoms with Gasteiger partial charge in [0, 0.05) is 44.8 Å². The number of nitrogens with zero attached hydrogens (tertiary/aromatic N) is 6. The predicted molar refractivity (Wildman–Crippen MR) is 158 cm³/mol. The molecule has 1 fully saturated rings. The van der Waals surface area contributed by atoms with E-state index in [4.69, 9.17) is 9.72 Å². The second-order valence-corrected chi connectivity index (χ2v) is 11.3. The summed E-state index contributed by atoms with van der Waals surface area (Å²) in [5.41, 5.74) is 2.56. The third-order valence-corrected chi connectivity index (χ3v) is 8.58. The van der Waals surface area contributed by atoms with Crippen molar-refractivity contribution in [1.29, 1.82) is 0 Å². The zero-order valence-corrected chi connectivity index (χ0v) is 24.9. The number of nitrogens with one attached hydrogen (secondary N) is 1. The van der Waals surface area contributed by atoms with Crippen LogP contribution in [0.4, 0.5) is 0 Å². The zero-order valence-electron chi connectivity index (χ0n) is 24.1. The normalized spacial score (nSPS) is 15.4. The molecule has 0 aliphatic carbocycles. The molecule has 0 spiro atoms. The summed E-state index contributed by atoms with van der Waals surface area (Å²) in [7, 11) is -1.50. The van der Waals surface area contributed by atoms with Crippen LogP contribution < -0.4 is 10.3 Å². The zero-order chi connectivity index (χ0) is 30.2. The van der Waals surface area contributed by atoms with Crippen LogP contribution in [-0.4, -0.2) is 90.4 Å². The number of ether oxygens (including phenoxy) is 1. The van der Waals surface area contributed by atoms with Gasteiger partial charge >= 0.3 is 0 Å². The minimum Gasteiger partial charge on any atom is -0.493 e. The Bertz CT molecular complexity index is 1510. The maximum atomic E-state index is 13.6. The summed E-state index contributed by atoms with van der Waals surface area (Å²) >= 11 is 0. The summed E-state index contributed by atoms with van der Waals surface area (Å²) in [5.74, 6) is 0.811. The van der Waals surface area contributed by atoms with Crippen molar-refractivity contribution < 1.29 is 24.1 Å². The van der Waals surface area contributed by atoms with E-state index in [2.05, 4.69) is 15.0 Å². The molecule has 1 aliphatic heterocycles. The van der Waals surface area contributed by atoms with Crippen LogP contribution in [0.1, 0.15) is 44.9 Å². The van der Waals surface area contributed by atoms with Crippen LogP contribution in [0.3, 0.4) is 0 Å². The molecule has 1 saturated heterocycles. The molecule has 2 N–H and O–H groups in total. The third-order valence-electron chi connectivity index (χ3n) is 7.09. The topological polar surface area (TPSA) is 168 Å². The number of aromatic amines is 1. The fourth-order valence-electron chi connectivity index (χ4n) is 5.14. The molecule has 4 rings (SSSR count). The summed E-state index contributed by atoms with van der Waals surface area (Å²) in [6, 6.07) is 5.25.